The highest BCUT2D eigenvalue weighted by Gasteiger charge is 2.34. The highest BCUT2D eigenvalue weighted by atomic mass is 16.5. The average molecular weight is 402 g/mol. The quantitative estimate of drug-likeness (QED) is 0.505. The fourth-order valence-electron chi connectivity index (χ4n) is 3.92. The van der Waals surface area contributed by atoms with Crippen molar-refractivity contribution in [3.8, 4) is 17.1 Å². The van der Waals surface area contributed by atoms with Crippen LogP contribution >= 0.6 is 0 Å². The third-order valence-corrected chi connectivity index (χ3v) is 5.46. The van der Waals surface area contributed by atoms with Gasteiger partial charge in [-0.15, -0.1) is 0 Å². The zero-order chi connectivity index (χ0) is 20.5. The van der Waals surface area contributed by atoms with Crippen LogP contribution in [0.2, 0.25) is 0 Å². The van der Waals surface area contributed by atoms with Gasteiger partial charge in [-0.05, 0) is 25.3 Å². The van der Waals surface area contributed by atoms with Crippen LogP contribution in [0.3, 0.4) is 0 Å². The molecule has 1 aliphatic rings. The first-order valence-electron chi connectivity index (χ1n) is 10.1. The molecule has 0 N–H and O–H groups in total. The summed E-state index contributed by atoms with van der Waals surface area (Å²) >= 11 is 0. The number of aryl methyl sites for hydroxylation is 1. The van der Waals surface area contributed by atoms with Crippen molar-refractivity contribution in [2.24, 2.45) is 0 Å². The minimum absolute atomic E-state index is 0.0123. The first-order valence-corrected chi connectivity index (χ1v) is 10.1. The normalized spacial score (nSPS) is 16.3. The Kier molecular flexibility index (Phi) is 4.71. The lowest BCUT2D eigenvalue weighted by Crippen LogP contribution is -2.39. The summed E-state index contributed by atoms with van der Waals surface area (Å²) in [5.74, 6) is 0.922. The molecular formula is C23H22N4O3. The van der Waals surface area contributed by atoms with Crippen molar-refractivity contribution in [3.05, 3.63) is 72.4 Å². The van der Waals surface area contributed by atoms with Crippen molar-refractivity contribution in [2.45, 2.75) is 25.8 Å². The van der Waals surface area contributed by atoms with Crippen LogP contribution in [0, 0.1) is 6.92 Å². The molecule has 0 spiro atoms. The van der Waals surface area contributed by atoms with Crippen LogP contribution in [0.15, 0.2) is 65.5 Å². The predicted molar refractivity (Wildman–Crippen MR) is 111 cm³/mol. The molecule has 3 aromatic heterocycles. The second-order valence-corrected chi connectivity index (χ2v) is 7.51. The Balaban J connectivity index is 1.43. The van der Waals surface area contributed by atoms with Crippen molar-refractivity contribution in [2.75, 3.05) is 13.2 Å². The molecule has 0 unspecified atom stereocenters. The molecule has 1 aromatic carbocycles. The van der Waals surface area contributed by atoms with E-state index in [-0.39, 0.29) is 11.9 Å². The van der Waals surface area contributed by atoms with Crippen molar-refractivity contribution in [1.82, 2.24) is 19.3 Å². The van der Waals surface area contributed by atoms with Gasteiger partial charge in [-0.2, -0.15) is 4.98 Å². The summed E-state index contributed by atoms with van der Waals surface area (Å²) in [6.07, 6.45) is 6.89. The zero-order valence-electron chi connectivity index (χ0n) is 16.7. The fourth-order valence-corrected chi connectivity index (χ4v) is 3.92. The van der Waals surface area contributed by atoms with Crippen molar-refractivity contribution in [3.63, 3.8) is 0 Å². The van der Waals surface area contributed by atoms with Gasteiger partial charge in [0.1, 0.15) is 24.3 Å². The van der Waals surface area contributed by atoms with Crippen LogP contribution in [0.5, 0.6) is 5.88 Å². The van der Waals surface area contributed by atoms with Crippen molar-refractivity contribution < 1.29 is 13.9 Å². The number of oxazole rings is 1. The predicted octanol–water partition coefficient (Wildman–Crippen LogP) is 3.98. The number of ether oxygens (including phenoxy) is 1. The number of benzene rings is 1. The van der Waals surface area contributed by atoms with Crippen LogP contribution in [-0.4, -0.2) is 44.4 Å². The highest BCUT2D eigenvalue weighted by molar-refractivity contribution is 5.99. The molecule has 152 valence electrons. The number of likely N-dealkylation sites (tertiary alicyclic amines) is 1. The van der Waals surface area contributed by atoms with E-state index in [1.165, 1.54) is 0 Å². The maximum Gasteiger partial charge on any atom is 0.306 e. The molecule has 5 rings (SSSR count). The number of hydrogen-bond donors (Lipinski definition) is 0. The summed E-state index contributed by atoms with van der Waals surface area (Å²) in [5, 5.41) is 0. The lowest BCUT2D eigenvalue weighted by molar-refractivity contribution is 0.0683. The number of amides is 1. The van der Waals surface area contributed by atoms with E-state index in [4.69, 9.17) is 9.15 Å². The van der Waals surface area contributed by atoms with Gasteiger partial charge in [-0.25, -0.2) is 4.98 Å². The molecule has 1 saturated heterocycles. The summed E-state index contributed by atoms with van der Waals surface area (Å²) in [6, 6.07) is 13.5. The average Bonchev–Trinajstić information content (AvgIpc) is 3.49. The molecule has 0 aliphatic carbocycles. The van der Waals surface area contributed by atoms with Crippen molar-refractivity contribution >= 4 is 11.8 Å². The van der Waals surface area contributed by atoms with E-state index in [0.717, 1.165) is 24.0 Å². The Bertz CT molecular complexity index is 1160. The SMILES string of the molecule is Cc1ccc(OC[C@@H]2CCCN2C(=O)c2c(-c3ccccc3)nc3occn23)nc1. The number of pyridine rings is 1. The highest BCUT2D eigenvalue weighted by Crippen LogP contribution is 2.29. The van der Waals surface area contributed by atoms with Crippen LogP contribution in [-0.2, 0) is 0 Å². The van der Waals surface area contributed by atoms with Crippen LogP contribution in [0.25, 0.3) is 17.1 Å². The maximum atomic E-state index is 13.6. The molecule has 4 heterocycles. The first-order chi connectivity index (χ1) is 14.7. The molecule has 0 saturated carbocycles. The number of imidazole rings is 1. The summed E-state index contributed by atoms with van der Waals surface area (Å²) in [4.78, 5) is 24.4. The van der Waals surface area contributed by atoms with E-state index in [1.54, 1.807) is 23.1 Å². The number of hydrogen-bond acceptors (Lipinski definition) is 5. The van der Waals surface area contributed by atoms with Gasteiger partial charge >= 0.3 is 5.84 Å². The minimum Gasteiger partial charge on any atom is -0.475 e. The number of aromatic nitrogens is 3. The van der Waals surface area contributed by atoms with E-state index in [9.17, 15) is 4.79 Å². The molecule has 1 amide bonds. The van der Waals surface area contributed by atoms with Gasteiger partial charge in [-0.1, -0.05) is 36.4 Å². The second-order valence-electron chi connectivity index (χ2n) is 7.51. The number of fused-ring (bicyclic) bond motifs is 1. The van der Waals surface area contributed by atoms with Gasteiger partial charge in [0.2, 0.25) is 5.88 Å². The summed E-state index contributed by atoms with van der Waals surface area (Å²) < 4.78 is 13.1. The Morgan fingerprint density at radius 3 is 2.90 bits per heavy atom. The Morgan fingerprint density at radius 1 is 1.23 bits per heavy atom. The van der Waals surface area contributed by atoms with Gasteiger partial charge < -0.3 is 14.1 Å². The van der Waals surface area contributed by atoms with Crippen LogP contribution < -0.4 is 4.74 Å². The molecule has 0 radical (unpaired) electrons. The first kappa shape index (κ1) is 18.4. The van der Waals surface area contributed by atoms with E-state index < -0.39 is 0 Å². The van der Waals surface area contributed by atoms with Crippen molar-refractivity contribution in [1.29, 1.82) is 0 Å². The fraction of sp³-hybridized carbons (Fsp3) is 0.261. The minimum atomic E-state index is -0.0641. The van der Waals surface area contributed by atoms with Gasteiger partial charge in [0.15, 0.2) is 0 Å². The molecule has 7 nitrogen and oxygen atoms in total. The lowest BCUT2D eigenvalue weighted by atomic mass is 10.1. The Morgan fingerprint density at radius 2 is 2.10 bits per heavy atom. The number of rotatable bonds is 5. The molecule has 1 atom stereocenters. The van der Waals surface area contributed by atoms with E-state index in [1.807, 2.05) is 54.3 Å². The Labute approximate surface area is 173 Å². The van der Waals surface area contributed by atoms with E-state index in [0.29, 0.717) is 36.3 Å². The molecule has 1 aliphatic heterocycles. The topological polar surface area (TPSA) is 72.9 Å². The van der Waals surface area contributed by atoms with Gasteiger partial charge in [-0.3, -0.25) is 9.20 Å². The summed E-state index contributed by atoms with van der Waals surface area (Å²) in [6.45, 7) is 3.09. The van der Waals surface area contributed by atoms with Gasteiger partial charge in [0.05, 0.1) is 6.04 Å². The van der Waals surface area contributed by atoms with Gasteiger partial charge in [0, 0.05) is 30.6 Å². The Hall–Kier alpha value is -3.61. The lowest BCUT2D eigenvalue weighted by Gasteiger charge is -2.24. The summed E-state index contributed by atoms with van der Waals surface area (Å²) in [7, 11) is 0. The zero-order valence-corrected chi connectivity index (χ0v) is 16.7. The third-order valence-electron chi connectivity index (χ3n) is 5.46. The molecule has 7 heteroatoms. The molecule has 1 fully saturated rings. The second kappa shape index (κ2) is 7.67. The largest absolute Gasteiger partial charge is 0.475 e. The van der Waals surface area contributed by atoms with Crippen LogP contribution in [0.1, 0.15) is 28.9 Å². The number of nitrogens with zero attached hydrogens (tertiary/aromatic N) is 4. The smallest absolute Gasteiger partial charge is 0.306 e. The molecule has 4 aromatic rings. The molecule has 0 bridgehead atoms. The number of carbonyl (C=O) groups is 1. The number of carbonyl (C=O) groups excluding carboxylic acids is 1. The van der Waals surface area contributed by atoms with E-state index >= 15 is 0 Å². The van der Waals surface area contributed by atoms with E-state index in [2.05, 4.69) is 9.97 Å². The van der Waals surface area contributed by atoms with Gasteiger partial charge in [0.25, 0.3) is 5.91 Å². The molecular weight excluding hydrogens is 380 g/mol. The molecule has 30 heavy (non-hydrogen) atoms. The summed E-state index contributed by atoms with van der Waals surface area (Å²) in [5.41, 5.74) is 3.12. The third kappa shape index (κ3) is 3.32. The van der Waals surface area contributed by atoms with Crippen LogP contribution in [0.4, 0.5) is 0 Å². The maximum absolute atomic E-state index is 13.6. The monoisotopic (exact) mass is 402 g/mol. The standard InChI is InChI=1S/C23H22N4O3/c1-16-9-10-19(24-14-16)30-15-18-8-5-11-26(18)22(28)21-20(17-6-3-2-4-7-17)25-23-27(21)12-13-29-23/h2-4,6-7,9-10,12-14,18H,5,8,11,15H2,1H3/t18-/m0/s1.